The van der Waals surface area contributed by atoms with Crippen LogP contribution in [0.25, 0.3) is 0 Å². The van der Waals surface area contributed by atoms with Gasteiger partial charge in [-0.25, -0.2) is 4.98 Å². The van der Waals surface area contributed by atoms with Crippen LogP contribution in [0, 0.1) is 11.3 Å². The summed E-state index contributed by atoms with van der Waals surface area (Å²) in [5.74, 6) is 2.27. The Morgan fingerprint density at radius 2 is 2.11 bits per heavy atom. The molecule has 1 aromatic heterocycles. The maximum absolute atomic E-state index is 13.0. The van der Waals surface area contributed by atoms with Crippen LogP contribution in [0.4, 0.5) is 5.69 Å². The minimum Gasteiger partial charge on any atom is -0.486 e. The lowest BCUT2D eigenvalue weighted by Crippen LogP contribution is -2.44. The van der Waals surface area contributed by atoms with Crippen molar-refractivity contribution in [3.8, 4) is 5.75 Å². The molecule has 0 unspecified atom stereocenters. The highest BCUT2D eigenvalue weighted by Gasteiger charge is 2.49. The van der Waals surface area contributed by atoms with Crippen LogP contribution in [0.15, 0.2) is 36.7 Å². The van der Waals surface area contributed by atoms with Gasteiger partial charge in [-0.05, 0) is 49.6 Å². The fourth-order valence-electron chi connectivity index (χ4n) is 4.26. The molecule has 8 heteroatoms. The molecule has 2 N–H and O–H groups in total. The molecule has 28 heavy (non-hydrogen) atoms. The summed E-state index contributed by atoms with van der Waals surface area (Å²) in [5, 5.41) is 6.56. The van der Waals surface area contributed by atoms with E-state index < -0.39 is 0 Å². The molecule has 154 valence electrons. The average Bonchev–Trinajstić information content (AvgIpc) is 3.28. The van der Waals surface area contributed by atoms with E-state index in [9.17, 15) is 4.79 Å². The molecule has 6 nitrogen and oxygen atoms in total. The van der Waals surface area contributed by atoms with Crippen LogP contribution in [0.5, 0.6) is 5.75 Å². The van der Waals surface area contributed by atoms with E-state index in [-0.39, 0.29) is 36.1 Å². The van der Waals surface area contributed by atoms with E-state index in [2.05, 4.69) is 15.6 Å². The van der Waals surface area contributed by atoms with E-state index in [1.165, 1.54) is 6.42 Å². The van der Waals surface area contributed by atoms with Crippen LogP contribution in [-0.2, 0) is 18.4 Å². The van der Waals surface area contributed by atoms with E-state index in [0.29, 0.717) is 12.5 Å². The van der Waals surface area contributed by atoms with Crippen molar-refractivity contribution in [1.29, 1.82) is 0 Å². The average molecular weight is 427 g/mol. The molecular weight excluding hydrogens is 399 g/mol. The highest BCUT2D eigenvalue weighted by atomic mass is 35.5. The molecule has 1 saturated heterocycles. The fraction of sp³-hybridized carbons (Fsp3) is 0.500. The Kier molecular flexibility index (Phi) is 7.75. The lowest BCUT2D eigenvalue weighted by Gasteiger charge is -2.37. The molecule has 1 saturated carbocycles. The van der Waals surface area contributed by atoms with Gasteiger partial charge in [-0.2, -0.15) is 0 Å². The van der Waals surface area contributed by atoms with Gasteiger partial charge >= 0.3 is 0 Å². The van der Waals surface area contributed by atoms with Crippen molar-refractivity contribution in [2.75, 3.05) is 18.4 Å². The van der Waals surface area contributed by atoms with Gasteiger partial charge in [0, 0.05) is 31.7 Å². The van der Waals surface area contributed by atoms with Crippen molar-refractivity contribution in [2.24, 2.45) is 18.4 Å². The van der Waals surface area contributed by atoms with Gasteiger partial charge in [-0.15, -0.1) is 24.8 Å². The van der Waals surface area contributed by atoms with Crippen LogP contribution in [0.3, 0.4) is 0 Å². The maximum Gasteiger partial charge on any atom is 0.232 e. The van der Waals surface area contributed by atoms with Crippen LogP contribution in [0.2, 0.25) is 0 Å². The van der Waals surface area contributed by atoms with Gasteiger partial charge in [0.25, 0.3) is 0 Å². The highest BCUT2D eigenvalue weighted by Crippen LogP contribution is 2.44. The molecular formula is C20H28Cl2N4O2. The summed E-state index contributed by atoms with van der Waals surface area (Å²) in [6, 6.07) is 7.59. The molecule has 0 radical (unpaired) electrons. The standard InChI is InChI=1S/C20H26N4O2.2ClH/c1-24-11-10-22-18(24)13-26-17-7-5-16(6-8-17)23-19(25)20-9-3-2-4-15(20)12-21-14-20;;/h5-8,10-11,15,21H,2-4,9,12-14H2,1H3,(H,23,25);2*1H/t15-,20+;;/m0../s1. The van der Waals surface area contributed by atoms with Crippen molar-refractivity contribution in [2.45, 2.75) is 32.3 Å². The number of amides is 1. The zero-order chi connectivity index (χ0) is 18.0. The van der Waals surface area contributed by atoms with Crippen molar-refractivity contribution >= 4 is 36.4 Å². The third kappa shape index (κ3) is 4.45. The number of fused-ring (bicyclic) bond motifs is 1. The zero-order valence-corrected chi connectivity index (χ0v) is 17.7. The number of imidazole rings is 1. The number of halogens is 2. The Morgan fingerprint density at radius 1 is 1.32 bits per heavy atom. The quantitative estimate of drug-likeness (QED) is 0.766. The number of nitrogens with zero attached hydrogens (tertiary/aromatic N) is 2. The second kappa shape index (κ2) is 9.63. The maximum atomic E-state index is 13.0. The lowest BCUT2D eigenvalue weighted by molar-refractivity contribution is -0.128. The number of aromatic nitrogens is 2. The number of carbonyl (C=O) groups is 1. The Balaban J connectivity index is 0.00000140. The van der Waals surface area contributed by atoms with Crippen molar-refractivity contribution < 1.29 is 9.53 Å². The summed E-state index contributed by atoms with van der Waals surface area (Å²) in [5.41, 5.74) is 0.593. The first-order chi connectivity index (χ1) is 12.7. The van der Waals surface area contributed by atoms with Gasteiger partial charge in [0.15, 0.2) is 0 Å². The Bertz CT molecular complexity index is 781. The van der Waals surface area contributed by atoms with Gasteiger partial charge in [0.05, 0.1) is 5.41 Å². The molecule has 1 aromatic carbocycles. The van der Waals surface area contributed by atoms with Gasteiger partial charge in [-0.3, -0.25) is 4.79 Å². The second-order valence-electron chi connectivity index (χ2n) is 7.45. The third-order valence-corrected chi connectivity index (χ3v) is 5.89. The molecule has 2 fully saturated rings. The molecule has 1 aliphatic heterocycles. The molecule has 2 atom stereocenters. The first kappa shape index (κ1) is 22.5. The summed E-state index contributed by atoms with van der Waals surface area (Å²) in [6.45, 7) is 2.19. The van der Waals surface area contributed by atoms with E-state index >= 15 is 0 Å². The monoisotopic (exact) mass is 426 g/mol. The van der Waals surface area contributed by atoms with Gasteiger partial charge in [0.1, 0.15) is 18.2 Å². The number of carbonyl (C=O) groups excluding carboxylic acids is 1. The third-order valence-electron chi connectivity index (χ3n) is 5.89. The number of hydrogen-bond acceptors (Lipinski definition) is 4. The normalized spacial score (nSPS) is 23.1. The number of anilines is 1. The summed E-state index contributed by atoms with van der Waals surface area (Å²) in [6.07, 6.45) is 8.18. The molecule has 2 aliphatic rings. The first-order valence-corrected chi connectivity index (χ1v) is 9.39. The van der Waals surface area contributed by atoms with Gasteiger partial charge in [-0.1, -0.05) is 12.8 Å². The van der Waals surface area contributed by atoms with E-state index in [1.807, 2.05) is 42.1 Å². The smallest absolute Gasteiger partial charge is 0.232 e. The number of hydrogen-bond donors (Lipinski definition) is 2. The lowest BCUT2D eigenvalue weighted by atomic mass is 9.67. The molecule has 4 rings (SSSR count). The molecule has 0 spiro atoms. The summed E-state index contributed by atoms with van der Waals surface area (Å²) in [7, 11) is 1.94. The van der Waals surface area contributed by atoms with Crippen molar-refractivity contribution in [1.82, 2.24) is 14.9 Å². The number of rotatable bonds is 5. The van der Waals surface area contributed by atoms with Crippen molar-refractivity contribution in [3.05, 3.63) is 42.5 Å². The van der Waals surface area contributed by atoms with Gasteiger partial charge in [0.2, 0.25) is 5.91 Å². The Labute approximate surface area is 178 Å². The fourth-order valence-corrected chi connectivity index (χ4v) is 4.26. The van der Waals surface area contributed by atoms with E-state index in [1.54, 1.807) is 6.20 Å². The Morgan fingerprint density at radius 3 is 2.82 bits per heavy atom. The van der Waals surface area contributed by atoms with E-state index in [0.717, 1.165) is 49.6 Å². The predicted molar refractivity (Wildman–Crippen MR) is 114 cm³/mol. The molecule has 2 aromatic rings. The second-order valence-corrected chi connectivity index (χ2v) is 7.45. The first-order valence-electron chi connectivity index (χ1n) is 9.39. The number of ether oxygens (including phenoxy) is 1. The minimum absolute atomic E-state index is 0. The molecule has 1 aliphatic carbocycles. The largest absolute Gasteiger partial charge is 0.486 e. The number of benzene rings is 1. The summed E-state index contributed by atoms with van der Waals surface area (Å²) in [4.78, 5) is 17.2. The number of nitrogens with one attached hydrogen (secondary N) is 2. The predicted octanol–water partition coefficient (Wildman–Crippen LogP) is 3.56. The SMILES string of the molecule is Cl.Cl.Cn1ccnc1COc1ccc(NC(=O)[C@@]23CCCC[C@H]2CNC3)cc1. The zero-order valence-electron chi connectivity index (χ0n) is 16.0. The number of aryl methyl sites for hydroxylation is 1. The summed E-state index contributed by atoms with van der Waals surface area (Å²) >= 11 is 0. The highest BCUT2D eigenvalue weighted by molar-refractivity contribution is 5.96. The van der Waals surface area contributed by atoms with Crippen LogP contribution in [-0.4, -0.2) is 28.5 Å². The minimum atomic E-state index is -0.231. The van der Waals surface area contributed by atoms with Crippen LogP contribution >= 0.6 is 24.8 Å². The van der Waals surface area contributed by atoms with Gasteiger partial charge < -0.3 is 19.9 Å². The molecule has 1 amide bonds. The molecule has 2 heterocycles. The van der Waals surface area contributed by atoms with E-state index in [4.69, 9.17) is 4.74 Å². The Hall–Kier alpha value is -1.76. The summed E-state index contributed by atoms with van der Waals surface area (Å²) < 4.78 is 7.70. The molecule has 0 bridgehead atoms. The van der Waals surface area contributed by atoms with Crippen LogP contribution < -0.4 is 15.4 Å². The topological polar surface area (TPSA) is 68.2 Å². The van der Waals surface area contributed by atoms with Crippen LogP contribution in [0.1, 0.15) is 31.5 Å². The van der Waals surface area contributed by atoms with Crippen molar-refractivity contribution in [3.63, 3.8) is 0 Å².